The quantitative estimate of drug-likeness (QED) is 0.825. The normalized spacial score (nSPS) is 14.1. The standard InChI is InChI=1S/C19H23NO/c1-2-15-7-5-6-10-19(15)21-14-17-9-4-3-8-16(17)13-20-18-11-12-18/h3-10,18,20H,2,11-14H2,1H3. The Labute approximate surface area is 127 Å². The summed E-state index contributed by atoms with van der Waals surface area (Å²) in [6.45, 7) is 3.74. The molecule has 2 heteroatoms. The fraction of sp³-hybridized carbons (Fsp3) is 0.368. The van der Waals surface area contributed by atoms with Gasteiger partial charge in [-0.05, 0) is 42.0 Å². The monoisotopic (exact) mass is 281 g/mol. The van der Waals surface area contributed by atoms with Crippen molar-refractivity contribution in [2.75, 3.05) is 0 Å². The van der Waals surface area contributed by atoms with Gasteiger partial charge in [0.2, 0.25) is 0 Å². The molecule has 0 bridgehead atoms. The molecule has 3 rings (SSSR count). The summed E-state index contributed by atoms with van der Waals surface area (Å²) >= 11 is 0. The van der Waals surface area contributed by atoms with E-state index in [4.69, 9.17) is 4.74 Å². The highest BCUT2D eigenvalue weighted by Crippen LogP contribution is 2.22. The van der Waals surface area contributed by atoms with Crippen LogP contribution in [0.4, 0.5) is 0 Å². The lowest BCUT2D eigenvalue weighted by molar-refractivity contribution is 0.301. The molecule has 2 nitrogen and oxygen atoms in total. The Morgan fingerprint density at radius 2 is 1.62 bits per heavy atom. The van der Waals surface area contributed by atoms with Crippen LogP contribution in [0.1, 0.15) is 36.5 Å². The van der Waals surface area contributed by atoms with Gasteiger partial charge in [0, 0.05) is 12.6 Å². The van der Waals surface area contributed by atoms with Crippen LogP contribution in [0.5, 0.6) is 5.75 Å². The molecule has 110 valence electrons. The number of aryl methyl sites for hydroxylation is 1. The van der Waals surface area contributed by atoms with Gasteiger partial charge in [0.25, 0.3) is 0 Å². The zero-order valence-corrected chi connectivity index (χ0v) is 12.6. The van der Waals surface area contributed by atoms with E-state index >= 15 is 0 Å². The second-order valence-electron chi connectivity index (χ2n) is 5.67. The smallest absolute Gasteiger partial charge is 0.122 e. The molecular formula is C19H23NO. The second-order valence-corrected chi connectivity index (χ2v) is 5.67. The Kier molecular flexibility index (Phi) is 4.56. The Morgan fingerprint density at radius 3 is 2.33 bits per heavy atom. The van der Waals surface area contributed by atoms with E-state index in [1.165, 1.54) is 29.5 Å². The average Bonchev–Trinajstić information content (AvgIpc) is 3.36. The minimum atomic E-state index is 0.638. The molecule has 0 heterocycles. The summed E-state index contributed by atoms with van der Waals surface area (Å²) in [7, 11) is 0. The van der Waals surface area contributed by atoms with E-state index in [1.807, 2.05) is 6.07 Å². The number of hydrogen-bond donors (Lipinski definition) is 1. The number of benzene rings is 2. The van der Waals surface area contributed by atoms with Crippen molar-refractivity contribution in [3.8, 4) is 5.75 Å². The summed E-state index contributed by atoms with van der Waals surface area (Å²) in [6, 6.07) is 17.6. The lowest BCUT2D eigenvalue weighted by Crippen LogP contribution is -2.17. The highest BCUT2D eigenvalue weighted by molar-refractivity contribution is 5.34. The van der Waals surface area contributed by atoms with Gasteiger partial charge in [-0.3, -0.25) is 0 Å². The fourth-order valence-corrected chi connectivity index (χ4v) is 2.50. The maximum absolute atomic E-state index is 6.05. The highest BCUT2D eigenvalue weighted by Gasteiger charge is 2.20. The van der Waals surface area contributed by atoms with Gasteiger partial charge in [0.1, 0.15) is 12.4 Å². The van der Waals surface area contributed by atoms with E-state index < -0.39 is 0 Å². The molecular weight excluding hydrogens is 258 g/mol. The van der Waals surface area contributed by atoms with Crippen LogP contribution in [0.2, 0.25) is 0 Å². The first-order chi connectivity index (χ1) is 10.4. The van der Waals surface area contributed by atoms with Gasteiger partial charge in [-0.25, -0.2) is 0 Å². The third-order valence-corrected chi connectivity index (χ3v) is 4.01. The molecule has 21 heavy (non-hydrogen) atoms. The topological polar surface area (TPSA) is 21.3 Å². The van der Waals surface area contributed by atoms with Crippen molar-refractivity contribution in [1.82, 2.24) is 5.32 Å². The molecule has 0 spiro atoms. The molecule has 1 fully saturated rings. The minimum Gasteiger partial charge on any atom is -0.489 e. The third-order valence-electron chi connectivity index (χ3n) is 4.01. The molecule has 1 aliphatic rings. The zero-order chi connectivity index (χ0) is 14.5. The van der Waals surface area contributed by atoms with Gasteiger partial charge in [0.15, 0.2) is 0 Å². The molecule has 0 radical (unpaired) electrons. The molecule has 0 aromatic heterocycles. The van der Waals surface area contributed by atoms with Crippen molar-refractivity contribution in [2.24, 2.45) is 0 Å². The molecule has 1 N–H and O–H groups in total. The minimum absolute atomic E-state index is 0.638. The molecule has 0 saturated heterocycles. The van der Waals surface area contributed by atoms with Crippen LogP contribution >= 0.6 is 0 Å². The molecule has 1 aliphatic carbocycles. The van der Waals surface area contributed by atoms with E-state index in [-0.39, 0.29) is 0 Å². The zero-order valence-electron chi connectivity index (χ0n) is 12.6. The lowest BCUT2D eigenvalue weighted by atomic mass is 10.1. The predicted molar refractivity (Wildman–Crippen MR) is 86.5 cm³/mol. The van der Waals surface area contributed by atoms with Crippen LogP contribution in [0, 0.1) is 0 Å². The number of nitrogens with one attached hydrogen (secondary N) is 1. The van der Waals surface area contributed by atoms with Gasteiger partial charge >= 0.3 is 0 Å². The summed E-state index contributed by atoms with van der Waals surface area (Å²) in [5.41, 5.74) is 3.89. The van der Waals surface area contributed by atoms with Crippen molar-refractivity contribution in [1.29, 1.82) is 0 Å². The van der Waals surface area contributed by atoms with Crippen LogP contribution in [0.15, 0.2) is 48.5 Å². The molecule has 0 aliphatic heterocycles. The van der Waals surface area contributed by atoms with Crippen molar-refractivity contribution in [3.05, 3.63) is 65.2 Å². The Hall–Kier alpha value is -1.80. The van der Waals surface area contributed by atoms with Crippen molar-refractivity contribution < 1.29 is 4.74 Å². The van der Waals surface area contributed by atoms with Crippen LogP contribution in [0.25, 0.3) is 0 Å². The van der Waals surface area contributed by atoms with Gasteiger partial charge in [-0.15, -0.1) is 0 Å². The molecule has 0 unspecified atom stereocenters. The summed E-state index contributed by atoms with van der Waals surface area (Å²) in [5.74, 6) is 1.00. The molecule has 2 aromatic rings. The van der Waals surface area contributed by atoms with Gasteiger partial charge in [-0.1, -0.05) is 49.4 Å². The first-order valence-electron chi connectivity index (χ1n) is 7.87. The van der Waals surface area contributed by atoms with Crippen LogP contribution in [-0.4, -0.2) is 6.04 Å². The number of hydrogen-bond acceptors (Lipinski definition) is 2. The number of rotatable bonds is 7. The van der Waals surface area contributed by atoms with Crippen molar-refractivity contribution >= 4 is 0 Å². The van der Waals surface area contributed by atoms with Crippen molar-refractivity contribution in [2.45, 2.75) is 45.4 Å². The Morgan fingerprint density at radius 1 is 0.952 bits per heavy atom. The molecule has 0 amide bonds. The fourth-order valence-electron chi connectivity index (χ4n) is 2.50. The van der Waals surface area contributed by atoms with Gasteiger partial charge in [-0.2, -0.15) is 0 Å². The SMILES string of the molecule is CCc1ccccc1OCc1ccccc1CNC1CC1. The predicted octanol–water partition coefficient (Wildman–Crippen LogP) is 4.08. The van der Waals surface area contributed by atoms with Crippen molar-refractivity contribution in [3.63, 3.8) is 0 Å². The van der Waals surface area contributed by atoms with E-state index in [1.54, 1.807) is 0 Å². The third kappa shape index (κ3) is 3.85. The molecule has 1 saturated carbocycles. The van der Waals surface area contributed by atoms with Crippen LogP contribution in [0.3, 0.4) is 0 Å². The average molecular weight is 281 g/mol. The maximum Gasteiger partial charge on any atom is 0.122 e. The number of para-hydroxylation sites is 1. The Bertz CT molecular complexity index is 590. The highest BCUT2D eigenvalue weighted by atomic mass is 16.5. The van der Waals surface area contributed by atoms with E-state index in [2.05, 4.69) is 54.7 Å². The number of ether oxygens (including phenoxy) is 1. The second kappa shape index (κ2) is 6.77. The van der Waals surface area contributed by atoms with E-state index in [9.17, 15) is 0 Å². The van der Waals surface area contributed by atoms with Gasteiger partial charge < -0.3 is 10.1 Å². The Balaban J connectivity index is 1.66. The summed E-state index contributed by atoms with van der Waals surface area (Å²) in [4.78, 5) is 0. The summed E-state index contributed by atoms with van der Waals surface area (Å²) in [5, 5.41) is 3.58. The maximum atomic E-state index is 6.05. The van der Waals surface area contributed by atoms with E-state index in [0.717, 1.165) is 24.8 Å². The molecule has 2 aromatic carbocycles. The largest absolute Gasteiger partial charge is 0.489 e. The lowest BCUT2D eigenvalue weighted by Gasteiger charge is -2.13. The first-order valence-corrected chi connectivity index (χ1v) is 7.87. The van der Waals surface area contributed by atoms with E-state index in [0.29, 0.717) is 6.61 Å². The summed E-state index contributed by atoms with van der Waals surface area (Å²) < 4.78 is 6.05. The van der Waals surface area contributed by atoms with Crippen LogP contribution < -0.4 is 10.1 Å². The summed E-state index contributed by atoms with van der Waals surface area (Å²) in [6.07, 6.45) is 3.64. The van der Waals surface area contributed by atoms with Crippen LogP contribution in [-0.2, 0) is 19.6 Å². The first kappa shape index (κ1) is 14.2. The molecule has 0 atom stereocenters. The van der Waals surface area contributed by atoms with Gasteiger partial charge in [0.05, 0.1) is 0 Å².